The van der Waals surface area contributed by atoms with Crippen LogP contribution in [0.25, 0.3) is 10.7 Å². The van der Waals surface area contributed by atoms with Crippen molar-refractivity contribution in [3.05, 3.63) is 64.3 Å². The highest BCUT2D eigenvalue weighted by molar-refractivity contribution is 7.89. The Labute approximate surface area is 174 Å². The Kier molecular flexibility index (Phi) is 6.41. The molecule has 2 heterocycles. The number of aryl methyl sites for hydroxylation is 3. The van der Waals surface area contributed by atoms with E-state index >= 15 is 0 Å². The summed E-state index contributed by atoms with van der Waals surface area (Å²) in [7, 11) is -3.64. The number of hydrogen-bond donors (Lipinski definition) is 2. The highest BCUT2D eigenvalue weighted by atomic mass is 32.2. The summed E-state index contributed by atoms with van der Waals surface area (Å²) in [5.74, 6) is -0.284. The minimum atomic E-state index is -3.64. The lowest BCUT2D eigenvalue weighted by Gasteiger charge is -2.10. The molecule has 1 amide bonds. The van der Waals surface area contributed by atoms with Gasteiger partial charge in [0.05, 0.1) is 16.3 Å². The van der Waals surface area contributed by atoms with Crippen LogP contribution in [-0.2, 0) is 10.0 Å². The third-order valence-corrected chi connectivity index (χ3v) is 7.00. The lowest BCUT2D eigenvalue weighted by Crippen LogP contribution is -2.34. The molecule has 0 saturated heterocycles. The Bertz CT molecular complexity index is 1130. The fourth-order valence-electron chi connectivity index (χ4n) is 2.72. The van der Waals surface area contributed by atoms with E-state index in [1.807, 2.05) is 31.2 Å². The van der Waals surface area contributed by atoms with Gasteiger partial charge in [-0.3, -0.25) is 9.78 Å². The van der Waals surface area contributed by atoms with E-state index in [9.17, 15) is 13.2 Å². The second-order valence-electron chi connectivity index (χ2n) is 6.57. The van der Waals surface area contributed by atoms with E-state index in [4.69, 9.17) is 0 Å². The van der Waals surface area contributed by atoms with Crippen molar-refractivity contribution in [3.63, 3.8) is 0 Å². The second kappa shape index (κ2) is 8.81. The van der Waals surface area contributed by atoms with E-state index in [-0.39, 0.29) is 23.9 Å². The Morgan fingerprint density at radius 2 is 1.90 bits per heavy atom. The van der Waals surface area contributed by atoms with Gasteiger partial charge in [-0.15, -0.1) is 11.3 Å². The molecular weight excluding hydrogens is 408 g/mol. The molecule has 0 aliphatic rings. The maximum Gasteiger partial charge on any atom is 0.263 e. The van der Waals surface area contributed by atoms with E-state index in [2.05, 4.69) is 20.0 Å². The van der Waals surface area contributed by atoms with Crippen LogP contribution in [0.2, 0.25) is 0 Å². The fraction of sp³-hybridized carbons (Fsp3) is 0.250. The summed E-state index contributed by atoms with van der Waals surface area (Å²) >= 11 is 1.26. The van der Waals surface area contributed by atoms with Crippen molar-refractivity contribution in [2.45, 2.75) is 25.7 Å². The molecule has 29 heavy (non-hydrogen) atoms. The van der Waals surface area contributed by atoms with E-state index in [0.29, 0.717) is 26.8 Å². The molecule has 0 bridgehead atoms. The summed E-state index contributed by atoms with van der Waals surface area (Å²) in [6.45, 7) is 5.61. The number of benzene rings is 1. The molecule has 0 aliphatic carbocycles. The van der Waals surface area contributed by atoms with Gasteiger partial charge in [-0.05, 0) is 50.1 Å². The van der Waals surface area contributed by atoms with Gasteiger partial charge in [-0.1, -0.05) is 18.2 Å². The van der Waals surface area contributed by atoms with Gasteiger partial charge in [0.1, 0.15) is 9.88 Å². The average molecular weight is 431 g/mol. The Morgan fingerprint density at radius 1 is 1.10 bits per heavy atom. The van der Waals surface area contributed by atoms with Gasteiger partial charge in [-0.25, -0.2) is 18.1 Å². The van der Waals surface area contributed by atoms with Crippen molar-refractivity contribution >= 4 is 27.3 Å². The predicted molar refractivity (Wildman–Crippen MR) is 114 cm³/mol. The van der Waals surface area contributed by atoms with Crippen LogP contribution in [0.15, 0.2) is 47.5 Å². The highest BCUT2D eigenvalue weighted by Gasteiger charge is 2.18. The van der Waals surface area contributed by atoms with Crippen LogP contribution in [0.4, 0.5) is 0 Å². The fourth-order valence-corrected chi connectivity index (χ4v) is 5.04. The molecule has 9 heteroatoms. The molecular formula is C20H22N4O3S2. The minimum absolute atomic E-state index is 0.0897. The predicted octanol–water partition coefficient (Wildman–Crippen LogP) is 2.84. The Balaban J connectivity index is 1.59. The van der Waals surface area contributed by atoms with Crippen molar-refractivity contribution in [2.75, 3.05) is 13.1 Å². The molecule has 3 aromatic rings. The number of nitrogens with zero attached hydrogens (tertiary/aromatic N) is 2. The van der Waals surface area contributed by atoms with Crippen LogP contribution >= 0.6 is 11.3 Å². The number of rotatable bonds is 7. The van der Waals surface area contributed by atoms with Gasteiger partial charge in [0.2, 0.25) is 10.0 Å². The summed E-state index contributed by atoms with van der Waals surface area (Å²) in [5, 5.41) is 3.41. The van der Waals surface area contributed by atoms with Crippen molar-refractivity contribution < 1.29 is 13.2 Å². The molecule has 0 unspecified atom stereocenters. The first-order chi connectivity index (χ1) is 13.8. The van der Waals surface area contributed by atoms with Crippen molar-refractivity contribution in [1.29, 1.82) is 0 Å². The van der Waals surface area contributed by atoms with Gasteiger partial charge in [0.25, 0.3) is 5.91 Å². The molecule has 1 aromatic carbocycles. The first kappa shape index (κ1) is 21.1. The number of amides is 1. The molecule has 0 atom stereocenters. The average Bonchev–Trinajstić information content (AvgIpc) is 3.09. The smallest absolute Gasteiger partial charge is 0.263 e. The highest BCUT2D eigenvalue weighted by Crippen LogP contribution is 2.26. The Morgan fingerprint density at radius 3 is 2.62 bits per heavy atom. The van der Waals surface area contributed by atoms with Gasteiger partial charge >= 0.3 is 0 Å². The monoisotopic (exact) mass is 430 g/mol. The summed E-state index contributed by atoms with van der Waals surface area (Å²) in [6, 6.07) is 10.8. The summed E-state index contributed by atoms with van der Waals surface area (Å²) in [4.78, 5) is 21.9. The lowest BCUT2D eigenvalue weighted by molar-refractivity contribution is 0.0957. The largest absolute Gasteiger partial charge is 0.350 e. The topological polar surface area (TPSA) is 101 Å². The number of pyridine rings is 1. The van der Waals surface area contributed by atoms with Gasteiger partial charge in [-0.2, -0.15) is 0 Å². The number of nitrogens with one attached hydrogen (secondary N) is 2. The number of thiazole rings is 1. The standard InChI is InChI=1S/C20H22N4O3S2/c1-13-7-8-14(2)17(12-13)29(26,27)23-11-10-22-19(25)18-15(3)24-20(28-18)16-6-4-5-9-21-16/h4-9,12,23H,10-11H2,1-3H3,(H,22,25). The van der Waals surface area contributed by atoms with E-state index in [0.717, 1.165) is 5.56 Å². The molecule has 0 radical (unpaired) electrons. The van der Waals surface area contributed by atoms with E-state index < -0.39 is 10.0 Å². The van der Waals surface area contributed by atoms with Crippen molar-refractivity contribution in [2.24, 2.45) is 0 Å². The zero-order chi connectivity index (χ0) is 21.0. The normalized spacial score (nSPS) is 11.4. The third kappa shape index (κ3) is 5.06. The molecule has 0 fully saturated rings. The lowest BCUT2D eigenvalue weighted by atomic mass is 10.2. The maximum absolute atomic E-state index is 12.5. The summed E-state index contributed by atoms with van der Waals surface area (Å²) < 4.78 is 27.5. The second-order valence-corrected chi connectivity index (χ2v) is 9.31. The zero-order valence-electron chi connectivity index (χ0n) is 16.4. The SMILES string of the molecule is Cc1ccc(C)c(S(=O)(=O)NCCNC(=O)c2sc(-c3ccccn3)nc2C)c1. The van der Waals surface area contributed by atoms with E-state index in [1.54, 1.807) is 32.2 Å². The third-order valence-electron chi connectivity index (χ3n) is 4.22. The molecule has 0 spiro atoms. The van der Waals surface area contributed by atoms with Gasteiger partial charge in [0, 0.05) is 19.3 Å². The van der Waals surface area contributed by atoms with E-state index in [1.165, 1.54) is 11.3 Å². The zero-order valence-corrected chi connectivity index (χ0v) is 18.0. The number of sulfonamides is 1. The molecule has 7 nitrogen and oxygen atoms in total. The molecule has 152 valence electrons. The van der Waals surface area contributed by atoms with Gasteiger partial charge < -0.3 is 5.32 Å². The molecule has 0 aliphatic heterocycles. The summed E-state index contributed by atoms with van der Waals surface area (Å²) in [5.41, 5.74) is 2.87. The molecule has 3 rings (SSSR count). The quantitative estimate of drug-likeness (QED) is 0.561. The molecule has 0 saturated carbocycles. The van der Waals surface area contributed by atoms with Crippen LogP contribution in [-0.4, -0.2) is 37.4 Å². The van der Waals surface area contributed by atoms with Gasteiger partial charge in [0.15, 0.2) is 0 Å². The summed E-state index contributed by atoms with van der Waals surface area (Å²) in [6.07, 6.45) is 1.67. The van der Waals surface area contributed by atoms with Crippen molar-refractivity contribution in [1.82, 2.24) is 20.0 Å². The van der Waals surface area contributed by atoms with Crippen LogP contribution in [0, 0.1) is 20.8 Å². The van der Waals surface area contributed by atoms with Crippen LogP contribution < -0.4 is 10.0 Å². The number of carbonyl (C=O) groups is 1. The molecule has 2 aromatic heterocycles. The number of hydrogen-bond acceptors (Lipinski definition) is 6. The van der Waals surface area contributed by atoms with Crippen LogP contribution in [0.1, 0.15) is 26.5 Å². The minimum Gasteiger partial charge on any atom is -0.350 e. The first-order valence-corrected chi connectivity index (χ1v) is 11.3. The van der Waals surface area contributed by atoms with Crippen LogP contribution in [0.3, 0.4) is 0 Å². The van der Waals surface area contributed by atoms with Crippen molar-refractivity contribution in [3.8, 4) is 10.7 Å². The molecule has 2 N–H and O–H groups in total. The van der Waals surface area contributed by atoms with Crippen LogP contribution in [0.5, 0.6) is 0 Å². The maximum atomic E-state index is 12.5. The first-order valence-electron chi connectivity index (χ1n) is 9.02. The number of aromatic nitrogens is 2. The number of carbonyl (C=O) groups excluding carboxylic acids is 1. The Hall–Kier alpha value is -2.62.